The van der Waals surface area contributed by atoms with Crippen molar-refractivity contribution in [3.8, 4) is 0 Å². The van der Waals surface area contributed by atoms with Crippen molar-refractivity contribution in [2.24, 2.45) is 0 Å². The minimum Gasteiger partial charge on any atom is -0.465 e. The number of esters is 1. The third-order valence-corrected chi connectivity index (χ3v) is 2.02. The average Bonchev–Trinajstić information content (AvgIpc) is 2.05. The van der Waals surface area contributed by atoms with Gasteiger partial charge in [0.1, 0.15) is 6.42 Å². The highest BCUT2D eigenvalue weighted by atomic mass is 32.2. The second-order valence-electron chi connectivity index (χ2n) is 2.72. The van der Waals surface area contributed by atoms with Gasteiger partial charge in [0, 0.05) is 0 Å². The Morgan fingerprint density at radius 2 is 2.08 bits per heavy atom. The fourth-order valence-corrected chi connectivity index (χ4v) is 1.18. The van der Waals surface area contributed by atoms with Crippen LogP contribution in [0.5, 0.6) is 0 Å². The topological polar surface area (TPSA) is 43.4 Å². The molecule has 0 rings (SSSR count). The standard InChI is InChI=1S/C9H16O3S/c1-3-4-5-12-9(11)6-8(10)7-13-2/h3-7H2,1-2H3. The molecule has 0 spiro atoms. The molecule has 0 aromatic rings. The van der Waals surface area contributed by atoms with Gasteiger partial charge in [-0.1, -0.05) is 13.3 Å². The van der Waals surface area contributed by atoms with Gasteiger partial charge in [0.15, 0.2) is 5.78 Å². The largest absolute Gasteiger partial charge is 0.465 e. The molecule has 0 unspecified atom stereocenters. The molecule has 0 radical (unpaired) electrons. The summed E-state index contributed by atoms with van der Waals surface area (Å²) in [5, 5.41) is 0. The first kappa shape index (κ1) is 12.5. The number of carbonyl (C=O) groups is 2. The number of rotatable bonds is 7. The summed E-state index contributed by atoms with van der Waals surface area (Å²) in [7, 11) is 0. The molecule has 0 N–H and O–H groups in total. The van der Waals surface area contributed by atoms with E-state index < -0.39 is 5.97 Å². The van der Waals surface area contributed by atoms with Gasteiger partial charge in [0.2, 0.25) is 0 Å². The predicted octanol–water partition coefficient (Wildman–Crippen LogP) is 1.65. The molecule has 0 bridgehead atoms. The molecule has 0 amide bonds. The molecular formula is C9H16O3S. The van der Waals surface area contributed by atoms with Crippen LogP contribution in [-0.2, 0) is 14.3 Å². The fourth-order valence-electron chi connectivity index (χ4n) is 0.754. The highest BCUT2D eigenvalue weighted by Crippen LogP contribution is 1.98. The van der Waals surface area contributed by atoms with Crippen molar-refractivity contribution in [1.29, 1.82) is 0 Å². The zero-order chi connectivity index (χ0) is 10.1. The Balaban J connectivity index is 3.44. The molecule has 0 aliphatic rings. The normalized spacial score (nSPS) is 9.69. The van der Waals surface area contributed by atoms with E-state index in [0.29, 0.717) is 12.4 Å². The van der Waals surface area contributed by atoms with E-state index in [4.69, 9.17) is 4.74 Å². The van der Waals surface area contributed by atoms with E-state index in [1.807, 2.05) is 13.2 Å². The maximum Gasteiger partial charge on any atom is 0.313 e. The van der Waals surface area contributed by atoms with Crippen LogP contribution in [0.4, 0.5) is 0 Å². The van der Waals surface area contributed by atoms with Gasteiger partial charge in [-0.25, -0.2) is 0 Å². The number of unbranched alkanes of at least 4 members (excludes halogenated alkanes) is 1. The summed E-state index contributed by atoms with van der Waals surface area (Å²) >= 11 is 1.42. The van der Waals surface area contributed by atoms with Gasteiger partial charge in [-0.2, -0.15) is 11.8 Å². The van der Waals surface area contributed by atoms with Crippen LogP contribution in [0.3, 0.4) is 0 Å². The first-order valence-electron chi connectivity index (χ1n) is 4.37. The molecule has 0 aromatic heterocycles. The van der Waals surface area contributed by atoms with E-state index in [-0.39, 0.29) is 12.2 Å². The first-order chi connectivity index (χ1) is 6.20. The second kappa shape index (κ2) is 8.10. The minimum atomic E-state index is -0.396. The summed E-state index contributed by atoms with van der Waals surface area (Å²) in [5.41, 5.74) is 0. The average molecular weight is 204 g/mol. The third-order valence-electron chi connectivity index (χ3n) is 1.41. The zero-order valence-electron chi connectivity index (χ0n) is 8.17. The Morgan fingerprint density at radius 1 is 1.38 bits per heavy atom. The van der Waals surface area contributed by atoms with Gasteiger partial charge in [-0.15, -0.1) is 0 Å². The maximum absolute atomic E-state index is 11.0. The Labute approximate surface area is 83.2 Å². The van der Waals surface area contributed by atoms with E-state index in [9.17, 15) is 9.59 Å². The molecule has 3 nitrogen and oxygen atoms in total. The van der Waals surface area contributed by atoms with Crippen molar-refractivity contribution in [3.63, 3.8) is 0 Å². The third kappa shape index (κ3) is 7.84. The number of carbonyl (C=O) groups excluding carboxylic acids is 2. The van der Waals surface area contributed by atoms with Crippen LogP contribution in [-0.4, -0.2) is 30.4 Å². The quantitative estimate of drug-likeness (QED) is 0.359. The van der Waals surface area contributed by atoms with E-state index in [1.165, 1.54) is 11.8 Å². The van der Waals surface area contributed by atoms with E-state index in [2.05, 4.69) is 0 Å². The summed E-state index contributed by atoms with van der Waals surface area (Å²) in [6.07, 6.45) is 3.61. The maximum atomic E-state index is 11.0. The van der Waals surface area contributed by atoms with Crippen molar-refractivity contribution in [3.05, 3.63) is 0 Å². The molecule has 0 saturated carbocycles. The summed E-state index contributed by atoms with van der Waals surface area (Å²) in [4.78, 5) is 21.9. The van der Waals surface area contributed by atoms with Gasteiger partial charge >= 0.3 is 5.97 Å². The summed E-state index contributed by atoms with van der Waals surface area (Å²) in [6, 6.07) is 0. The monoisotopic (exact) mass is 204 g/mol. The lowest BCUT2D eigenvalue weighted by Crippen LogP contribution is -2.13. The van der Waals surface area contributed by atoms with Crippen LogP contribution < -0.4 is 0 Å². The Morgan fingerprint density at radius 3 is 2.62 bits per heavy atom. The predicted molar refractivity (Wildman–Crippen MR) is 53.9 cm³/mol. The minimum absolute atomic E-state index is 0.0611. The summed E-state index contributed by atoms with van der Waals surface area (Å²) in [5.74, 6) is -0.0652. The SMILES string of the molecule is CCCCOC(=O)CC(=O)CSC. The number of ketones is 1. The van der Waals surface area contributed by atoms with E-state index >= 15 is 0 Å². The molecule has 0 saturated heterocycles. The Kier molecular flexibility index (Phi) is 7.79. The number of thioether (sulfide) groups is 1. The Bertz CT molecular complexity index is 168. The van der Waals surface area contributed by atoms with Crippen molar-refractivity contribution in [2.75, 3.05) is 18.6 Å². The van der Waals surface area contributed by atoms with Crippen LogP contribution in [0.2, 0.25) is 0 Å². The van der Waals surface area contributed by atoms with Crippen LogP contribution in [0, 0.1) is 0 Å². The van der Waals surface area contributed by atoms with Crippen LogP contribution >= 0.6 is 11.8 Å². The number of hydrogen-bond donors (Lipinski definition) is 0. The first-order valence-corrected chi connectivity index (χ1v) is 5.76. The molecule has 4 heteroatoms. The van der Waals surface area contributed by atoms with Gasteiger partial charge in [-0.05, 0) is 12.7 Å². The van der Waals surface area contributed by atoms with Crippen molar-refractivity contribution < 1.29 is 14.3 Å². The Hall–Kier alpha value is -0.510. The van der Waals surface area contributed by atoms with E-state index in [1.54, 1.807) is 0 Å². The lowest BCUT2D eigenvalue weighted by Gasteiger charge is -2.02. The van der Waals surface area contributed by atoms with Crippen LogP contribution in [0.1, 0.15) is 26.2 Å². The molecule has 0 heterocycles. The fraction of sp³-hybridized carbons (Fsp3) is 0.778. The number of ether oxygens (including phenoxy) is 1. The lowest BCUT2D eigenvalue weighted by molar-refractivity contribution is -0.145. The van der Waals surface area contributed by atoms with Gasteiger partial charge in [0.05, 0.1) is 12.4 Å². The zero-order valence-corrected chi connectivity index (χ0v) is 8.99. The van der Waals surface area contributed by atoms with Crippen LogP contribution in [0.15, 0.2) is 0 Å². The highest BCUT2D eigenvalue weighted by molar-refractivity contribution is 7.99. The summed E-state index contributed by atoms with van der Waals surface area (Å²) in [6.45, 7) is 2.45. The van der Waals surface area contributed by atoms with Gasteiger partial charge < -0.3 is 4.74 Å². The second-order valence-corrected chi connectivity index (χ2v) is 3.59. The van der Waals surface area contributed by atoms with Gasteiger partial charge in [0.25, 0.3) is 0 Å². The number of Topliss-reactive ketones (excluding diaryl/α,β-unsaturated/α-hetero) is 1. The van der Waals surface area contributed by atoms with Gasteiger partial charge in [-0.3, -0.25) is 9.59 Å². The molecule has 0 aromatic carbocycles. The molecule has 0 aliphatic carbocycles. The van der Waals surface area contributed by atoms with E-state index in [0.717, 1.165) is 12.8 Å². The number of hydrogen-bond acceptors (Lipinski definition) is 4. The molecule has 0 aliphatic heterocycles. The molecule has 0 atom stereocenters. The van der Waals surface area contributed by atoms with Crippen LogP contribution in [0.25, 0.3) is 0 Å². The van der Waals surface area contributed by atoms with Crippen molar-refractivity contribution in [2.45, 2.75) is 26.2 Å². The van der Waals surface area contributed by atoms with Crippen molar-refractivity contribution >= 4 is 23.5 Å². The molecule has 0 fully saturated rings. The highest BCUT2D eigenvalue weighted by Gasteiger charge is 2.09. The van der Waals surface area contributed by atoms with Crippen molar-refractivity contribution in [1.82, 2.24) is 0 Å². The lowest BCUT2D eigenvalue weighted by atomic mass is 10.3. The summed E-state index contributed by atoms with van der Waals surface area (Å²) < 4.78 is 4.83. The smallest absolute Gasteiger partial charge is 0.313 e. The molecule has 13 heavy (non-hydrogen) atoms. The molecular weight excluding hydrogens is 188 g/mol. The molecule has 76 valence electrons.